The number of nitrogens with zero attached hydrogens (tertiary/aromatic N) is 3. The van der Waals surface area contributed by atoms with Crippen molar-refractivity contribution in [1.29, 1.82) is 0 Å². The highest BCUT2D eigenvalue weighted by Gasteiger charge is 2.51. The van der Waals surface area contributed by atoms with Crippen molar-refractivity contribution in [3.8, 4) is 0 Å². The van der Waals surface area contributed by atoms with E-state index in [1.54, 1.807) is 0 Å². The third-order valence-corrected chi connectivity index (χ3v) is 5.08. The van der Waals surface area contributed by atoms with Crippen molar-refractivity contribution < 1.29 is 9.31 Å². The van der Waals surface area contributed by atoms with Crippen LogP contribution in [0.2, 0.25) is 0 Å². The van der Waals surface area contributed by atoms with Crippen molar-refractivity contribution in [2.75, 3.05) is 0 Å². The summed E-state index contributed by atoms with van der Waals surface area (Å²) in [5.41, 5.74) is 1.21. The first-order valence-corrected chi connectivity index (χ1v) is 7.88. The van der Waals surface area contributed by atoms with Crippen LogP contribution in [0.15, 0.2) is 30.5 Å². The van der Waals surface area contributed by atoms with E-state index in [9.17, 15) is 0 Å². The molecule has 1 aliphatic rings. The van der Waals surface area contributed by atoms with E-state index in [1.165, 1.54) is 0 Å². The van der Waals surface area contributed by atoms with Crippen molar-refractivity contribution >= 4 is 29.0 Å². The lowest BCUT2D eigenvalue weighted by Gasteiger charge is -2.32. The summed E-state index contributed by atoms with van der Waals surface area (Å²) in [6, 6.07) is 8.32. The minimum atomic E-state index is -0.347. The SMILES string of the molecule is Cc1nnc2cc3cc(B4OC(C)(C)C(C)(C)O4)ccc3cn12. The molecule has 0 aliphatic carbocycles. The lowest BCUT2D eigenvalue weighted by molar-refractivity contribution is 0.00578. The van der Waals surface area contributed by atoms with E-state index in [2.05, 4.69) is 62.3 Å². The zero-order valence-corrected chi connectivity index (χ0v) is 14.1. The van der Waals surface area contributed by atoms with Gasteiger partial charge in [-0.15, -0.1) is 10.2 Å². The van der Waals surface area contributed by atoms with Gasteiger partial charge in [0.2, 0.25) is 0 Å². The van der Waals surface area contributed by atoms with Gasteiger partial charge in [-0.2, -0.15) is 0 Å². The van der Waals surface area contributed by atoms with E-state index in [4.69, 9.17) is 9.31 Å². The van der Waals surface area contributed by atoms with Gasteiger partial charge >= 0.3 is 7.12 Å². The molecule has 4 rings (SSSR count). The van der Waals surface area contributed by atoms with Crippen LogP contribution in [0.5, 0.6) is 0 Å². The highest BCUT2D eigenvalue weighted by atomic mass is 16.7. The normalized spacial score (nSPS) is 19.8. The summed E-state index contributed by atoms with van der Waals surface area (Å²) >= 11 is 0. The smallest absolute Gasteiger partial charge is 0.399 e. The molecular formula is C17H20BN3O2. The fourth-order valence-corrected chi connectivity index (χ4v) is 2.88. The number of rotatable bonds is 1. The second-order valence-electron chi connectivity index (χ2n) is 7.23. The number of fused-ring (bicyclic) bond motifs is 2. The van der Waals surface area contributed by atoms with Crippen molar-refractivity contribution in [3.05, 3.63) is 36.3 Å². The van der Waals surface area contributed by atoms with E-state index < -0.39 is 0 Å². The van der Waals surface area contributed by atoms with Crippen LogP contribution in [0, 0.1) is 6.92 Å². The van der Waals surface area contributed by atoms with Gasteiger partial charge in [-0.1, -0.05) is 18.2 Å². The van der Waals surface area contributed by atoms with E-state index in [0.29, 0.717) is 0 Å². The summed E-state index contributed by atoms with van der Waals surface area (Å²) in [7, 11) is -0.347. The molecule has 6 heteroatoms. The van der Waals surface area contributed by atoms with Gasteiger partial charge in [-0.3, -0.25) is 4.40 Å². The van der Waals surface area contributed by atoms with Crippen LogP contribution >= 0.6 is 0 Å². The third kappa shape index (κ3) is 2.16. The molecule has 1 saturated heterocycles. The number of hydrogen-bond donors (Lipinski definition) is 0. The van der Waals surface area contributed by atoms with Crippen LogP contribution in [-0.4, -0.2) is 32.9 Å². The summed E-state index contributed by atoms with van der Waals surface area (Å²) < 4.78 is 14.3. The topological polar surface area (TPSA) is 48.7 Å². The minimum Gasteiger partial charge on any atom is -0.399 e. The zero-order valence-electron chi connectivity index (χ0n) is 14.1. The Morgan fingerprint density at radius 1 is 0.957 bits per heavy atom. The van der Waals surface area contributed by atoms with Crippen LogP contribution in [0.1, 0.15) is 33.5 Å². The molecule has 1 aromatic carbocycles. The van der Waals surface area contributed by atoms with Crippen molar-refractivity contribution in [2.24, 2.45) is 0 Å². The molecule has 1 fully saturated rings. The monoisotopic (exact) mass is 309 g/mol. The first kappa shape index (κ1) is 14.7. The predicted molar refractivity (Wildman–Crippen MR) is 90.9 cm³/mol. The van der Waals surface area contributed by atoms with Crippen molar-refractivity contribution in [3.63, 3.8) is 0 Å². The highest BCUT2D eigenvalue weighted by Crippen LogP contribution is 2.36. The van der Waals surface area contributed by atoms with Gasteiger partial charge < -0.3 is 9.31 Å². The molecular weight excluding hydrogens is 289 g/mol. The van der Waals surface area contributed by atoms with Gasteiger partial charge in [0.25, 0.3) is 0 Å². The summed E-state index contributed by atoms with van der Waals surface area (Å²) in [6.07, 6.45) is 2.06. The molecule has 0 atom stereocenters. The number of aryl methyl sites for hydroxylation is 1. The molecule has 2 aromatic heterocycles. The zero-order chi connectivity index (χ0) is 16.4. The Morgan fingerprint density at radius 3 is 2.35 bits per heavy atom. The Bertz CT molecular complexity index is 901. The molecule has 0 unspecified atom stereocenters. The van der Waals surface area contributed by atoms with E-state index in [-0.39, 0.29) is 18.3 Å². The van der Waals surface area contributed by atoms with E-state index >= 15 is 0 Å². The van der Waals surface area contributed by atoms with Gasteiger partial charge in [0.1, 0.15) is 5.82 Å². The fraction of sp³-hybridized carbons (Fsp3) is 0.412. The van der Waals surface area contributed by atoms with Gasteiger partial charge in [0.05, 0.1) is 11.2 Å². The Morgan fingerprint density at radius 2 is 1.65 bits per heavy atom. The van der Waals surface area contributed by atoms with Crippen LogP contribution in [-0.2, 0) is 9.31 Å². The summed E-state index contributed by atoms with van der Waals surface area (Å²) in [5.74, 6) is 0.886. The molecule has 0 spiro atoms. The van der Waals surface area contributed by atoms with E-state index in [1.807, 2.05) is 17.4 Å². The van der Waals surface area contributed by atoms with Crippen LogP contribution in [0.25, 0.3) is 16.4 Å². The maximum Gasteiger partial charge on any atom is 0.494 e. The van der Waals surface area contributed by atoms with Gasteiger partial charge in [0, 0.05) is 6.20 Å². The Hall–Kier alpha value is -1.92. The highest BCUT2D eigenvalue weighted by molar-refractivity contribution is 6.62. The second kappa shape index (κ2) is 4.55. The first-order valence-electron chi connectivity index (χ1n) is 7.88. The largest absolute Gasteiger partial charge is 0.494 e. The minimum absolute atomic E-state index is 0.333. The fourth-order valence-electron chi connectivity index (χ4n) is 2.88. The van der Waals surface area contributed by atoms with Crippen LogP contribution < -0.4 is 5.46 Å². The third-order valence-electron chi connectivity index (χ3n) is 5.08. The molecule has 23 heavy (non-hydrogen) atoms. The summed E-state index contributed by atoms with van der Waals surface area (Å²) in [5, 5.41) is 10.6. The lowest BCUT2D eigenvalue weighted by Crippen LogP contribution is -2.41. The summed E-state index contributed by atoms with van der Waals surface area (Å²) in [4.78, 5) is 0. The average molecular weight is 309 g/mol. The first-order chi connectivity index (χ1) is 10.8. The average Bonchev–Trinajstić information content (AvgIpc) is 2.94. The van der Waals surface area contributed by atoms with Gasteiger partial charge in [-0.25, -0.2) is 0 Å². The quantitative estimate of drug-likeness (QED) is 0.648. The van der Waals surface area contributed by atoms with Crippen LogP contribution in [0.4, 0.5) is 0 Å². The number of benzene rings is 1. The predicted octanol–water partition coefficient (Wildman–Crippen LogP) is 2.49. The number of aromatic nitrogens is 3. The maximum atomic E-state index is 6.14. The molecule has 0 bridgehead atoms. The Kier molecular flexibility index (Phi) is 2.90. The van der Waals surface area contributed by atoms with Gasteiger partial charge in [-0.05, 0) is 56.9 Å². The molecule has 118 valence electrons. The molecule has 3 heterocycles. The Labute approximate surface area is 135 Å². The molecule has 0 saturated carbocycles. The van der Waals surface area contributed by atoms with Gasteiger partial charge in [0.15, 0.2) is 5.65 Å². The van der Waals surface area contributed by atoms with E-state index in [0.717, 1.165) is 27.7 Å². The molecule has 0 amide bonds. The van der Waals surface area contributed by atoms with Crippen molar-refractivity contribution in [2.45, 2.75) is 45.8 Å². The molecule has 0 N–H and O–H groups in total. The standard InChI is InChI=1S/C17H20BN3O2/c1-11-19-20-15-9-13-8-14(7-6-12(13)10-21(11)15)18-22-16(2,3)17(4,5)23-18/h6-10H,1-5H3. The second-order valence-corrected chi connectivity index (χ2v) is 7.23. The van der Waals surface area contributed by atoms with Crippen LogP contribution in [0.3, 0.4) is 0 Å². The molecule has 3 aromatic rings. The number of hydrogen-bond acceptors (Lipinski definition) is 4. The Balaban J connectivity index is 1.79. The molecule has 1 aliphatic heterocycles. The van der Waals surface area contributed by atoms with Crippen molar-refractivity contribution in [1.82, 2.24) is 14.6 Å². The lowest BCUT2D eigenvalue weighted by atomic mass is 9.78. The number of pyridine rings is 1. The maximum absolute atomic E-state index is 6.14. The molecule has 0 radical (unpaired) electrons. The molecule has 5 nitrogen and oxygen atoms in total. The summed E-state index contributed by atoms with van der Waals surface area (Å²) in [6.45, 7) is 10.2.